The number of carbonyl (C=O) groups excluding carboxylic acids is 1. The summed E-state index contributed by atoms with van der Waals surface area (Å²) < 4.78 is 26.3. The molecule has 0 saturated heterocycles. The predicted molar refractivity (Wildman–Crippen MR) is 68.4 cm³/mol. The summed E-state index contributed by atoms with van der Waals surface area (Å²) in [5.74, 6) is -1.14. The summed E-state index contributed by atoms with van der Waals surface area (Å²) in [7, 11) is 0. The standard InChI is InChI=1S/C14H19F2NO2/c1-9(2)8-17-14(19)6-5-13(18)11-7-10(15)3-4-12(11)16/h3-4,7,9,13,18H,5-6,8H2,1-2H3,(H,17,19). The first-order valence-corrected chi connectivity index (χ1v) is 6.30. The van der Waals surface area contributed by atoms with Crippen LogP contribution >= 0.6 is 0 Å². The molecule has 0 heterocycles. The van der Waals surface area contributed by atoms with Gasteiger partial charge in [0.2, 0.25) is 5.91 Å². The number of amides is 1. The molecule has 1 rings (SSSR count). The summed E-state index contributed by atoms with van der Waals surface area (Å²) >= 11 is 0. The lowest BCUT2D eigenvalue weighted by atomic mass is 10.0. The van der Waals surface area contributed by atoms with Crippen molar-refractivity contribution in [1.82, 2.24) is 5.32 Å². The highest BCUT2D eigenvalue weighted by Crippen LogP contribution is 2.22. The van der Waals surface area contributed by atoms with Crippen molar-refractivity contribution in [3.05, 3.63) is 35.4 Å². The maximum atomic E-state index is 13.4. The van der Waals surface area contributed by atoms with E-state index in [0.717, 1.165) is 18.2 Å². The van der Waals surface area contributed by atoms with Gasteiger partial charge in [0, 0.05) is 18.5 Å². The normalized spacial score (nSPS) is 12.5. The summed E-state index contributed by atoms with van der Waals surface area (Å²) in [4.78, 5) is 11.4. The van der Waals surface area contributed by atoms with Gasteiger partial charge in [-0.2, -0.15) is 0 Å². The van der Waals surface area contributed by atoms with Gasteiger partial charge in [-0.1, -0.05) is 13.8 Å². The molecule has 0 aromatic heterocycles. The van der Waals surface area contributed by atoms with Crippen molar-refractivity contribution in [1.29, 1.82) is 0 Å². The number of hydrogen-bond donors (Lipinski definition) is 2. The molecular weight excluding hydrogens is 252 g/mol. The lowest BCUT2D eigenvalue weighted by molar-refractivity contribution is -0.121. The zero-order chi connectivity index (χ0) is 14.4. The number of hydrogen-bond acceptors (Lipinski definition) is 2. The van der Waals surface area contributed by atoms with E-state index >= 15 is 0 Å². The quantitative estimate of drug-likeness (QED) is 0.835. The third-order valence-electron chi connectivity index (χ3n) is 2.67. The van der Waals surface area contributed by atoms with Crippen LogP contribution in [0.5, 0.6) is 0 Å². The minimum absolute atomic E-state index is 0.0598. The van der Waals surface area contributed by atoms with Crippen LogP contribution in [0.4, 0.5) is 8.78 Å². The first-order valence-electron chi connectivity index (χ1n) is 6.30. The van der Waals surface area contributed by atoms with Crippen LogP contribution in [0.15, 0.2) is 18.2 Å². The Hall–Kier alpha value is -1.49. The molecule has 1 amide bonds. The van der Waals surface area contributed by atoms with Crippen LogP contribution in [-0.4, -0.2) is 17.6 Å². The van der Waals surface area contributed by atoms with E-state index in [9.17, 15) is 18.7 Å². The van der Waals surface area contributed by atoms with Gasteiger partial charge in [0.05, 0.1) is 6.10 Å². The Bertz CT molecular complexity index is 435. The molecule has 0 bridgehead atoms. The molecule has 106 valence electrons. The third kappa shape index (κ3) is 5.34. The maximum absolute atomic E-state index is 13.4. The Morgan fingerprint density at radius 3 is 2.68 bits per heavy atom. The Morgan fingerprint density at radius 2 is 2.05 bits per heavy atom. The molecule has 0 spiro atoms. The summed E-state index contributed by atoms with van der Waals surface area (Å²) in [5, 5.41) is 12.5. The van der Waals surface area contributed by atoms with Gasteiger partial charge in [0.25, 0.3) is 0 Å². The fraction of sp³-hybridized carbons (Fsp3) is 0.500. The predicted octanol–water partition coefficient (Wildman–Crippen LogP) is 2.55. The summed E-state index contributed by atoms with van der Waals surface area (Å²) in [6.45, 7) is 4.50. The van der Waals surface area contributed by atoms with Crippen LogP contribution in [-0.2, 0) is 4.79 Å². The number of benzene rings is 1. The van der Waals surface area contributed by atoms with Gasteiger partial charge in [-0.05, 0) is 30.5 Å². The summed E-state index contributed by atoms with van der Waals surface area (Å²) in [6.07, 6.45) is -1.05. The van der Waals surface area contributed by atoms with E-state index in [1.165, 1.54) is 0 Å². The molecule has 2 N–H and O–H groups in total. The molecule has 1 aromatic carbocycles. The number of aliphatic hydroxyl groups is 1. The first-order chi connectivity index (χ1) is 8.90. The van der Waals surface area contributed by atoms with Gasteiger partial charge in [0.15, 0.2) is 0 Å². The van der Waals surface area contributed by atoms with Crippen LogP contribution in [0, 0.1) is 17.6 Å². The third-order valence-corrected chi connectivity index (χ3v) is 2.67. The zero-order valence-corrected chi connectivity index (χ0v) is 11.1. The van der Waals surface area contributed by atoms with Crippen LogP contribution in [0.2, 0.25) is 0 Å². The van der Waals surface area contributed by atoms with Crippen molar-refractivity contribution in [2.24, 2.45) is 5.92 Å². The van der Waals surface area contributed by atoms with E-state index in [0.29, 0.717) is 12.5 Å². The molecular formula is C14H19F2NO2. The van der Waals surface area contributed by atoms with Gasteiger partial charge < -0.3 is 10.4 Å². The van der Waals surface area contributed by atoms with Crippen LogP contribution in [0.3, 0.4) is 0 Å². The van der Waals surface area contributed by atoms with Gasteiger partial charge in [-0.15, -0.1) is 0 Å². The molecule has 0 aliphatic carbocycles. The Labute approximate surface area is 111 Å². The highest BCUT2D eigenvalue weighted by Gasteiger charge is 2.15. The van der Waals surface area contributed by atoms with Gasteiger partial charge >= 0.3 is 0 Å². The fourth-order valence-electron chi connectivity index (χ4n) is 1.60. The van der Waals surface area contributed by atoms with E-state index < -0.39 is 17.7 Å². The highest BCUT2D eigenvalue weighted by atomic mass is 19.1. The number of nitrogens with one attached hydrogen (secondary N) is 1. The zero-order valence-electron chi connectivity index (χ0n) is 11.1. The molecule has 19 heavy (non-hydrogen) atoms. The van der Waals surface area contributed by atoms with Gasteiger partial charge in [-0.25, -0.2) is 8.78 Å². The fourth-order valence-corrected chi connectivity index (χ4v) is 1.60. The van der Waals surface area contributed by atoms with E-state index in [2.05, 4.69) is 5.32 Å². The van der Waals surface area contributed by atoms with E-state index in [1.807, 2.05) is 13.8 Å². The minimum Gasteiger partial charge on any atom is -0.388 e. The number of halogens is 2. The van der Waals surface area contributed by atoms with Gasteiger partial charge in [0.1, 0.15) is 11.6 Å². The number of aliphatic hydroxyl groups excluding tert-OH is 1. The van der Waals surface area contributed by atoms with Crippen molar-refractivity contribution in [2.45, 2.75) is 32.8 Å². The SMILES string of the molecule is CC(C)CNC(=O)CCC(O)c1cc(F)ccc1F. The number of rotatable bonds is 6. The smallest absolute Gasteiger partial charge is 0.220 e. The Balaban J connectivity index is 2.49. The molecule has 0 fully saturated rings. The average Bonchev–Trinajstić information content (AvgIpc) is 2.36. The summed E-state index contributed by atoms with van der Waals surface area (Å²) in [6, 6.07) is 2.90. The van der Waals surface area contributed by atoms with Crippen molar-refractivity contribution in [2.75, 3.05) is 6.54 Å². The molecule has 0 saturated carbocycles. The van der Waals surface area contributed by atoms with E-state index in [4.69, 9.17) is 0 Å². The van der Waals surface area contributed by atoms with Gasteiger partial charge in [-0.3, -0.25) is 4.79 Å². The summed E-state index contributed by atoms with van der Waals surface area (Å²) in [5.41, 5.74) is -0.114. The second-order valence-corrected chi connectivity index (χ2v) is 4.92. The average molecular weight is 271 g/mol. The molecule has 3 nitrogen and oxygen atoms in total. The monoisotopic (exact) mass is 271 g/mol. The van der Waals surface area contributed by atoms with Crippen LogP contribution < -0.4 is 5.32 Å². The van der Waals surface area contributed by atoms with Crippen molar-refractivity contribution in [3.8, 4) is 0 Å². The molecule has 5 heteroatoms. The Kier molecular flexibility index (Phi) is 5.89. The van der Waals surface area contributed by atoms with Crippen LogP contribution in [0.25, 0.3) is 0 Å². The second kappa shape index (κ2) is 7.19. The topological polar surface area (TPSA) is 49.3 Å². The Morgan fingerprint density at radius 1 is 1.37 bits per heavy atom. The maximum Gasteiger partial charge on any atom is 0.220 e. The minimum atomic E-state index is -1.18. The van der Waals surface area contributed by atoms with E-state index in [1.54, 1.807) is 0 Å². The van der Waals surface area contributed by atoms with Crippen molar-refractivity contribution < 1.29 is 18.7 Å². The highest BCUT2D eigenvalue weighted by molar-refractivity contribution is 5.75. The first kappa shape index (κ1) is 15.6. The second-order valence-electron chi connectivity index (χ2n) is 4.92. The number of carbonyl (C=O) groups is 1. The lowest BCUT2D eigenvalue weighted by Crippen LogP contribution is -2.27. The van der Waals surface area contributed by atoms with Crippen molar-refractivity contribution >= 4 is 5.91 Å². The molecule has 0 radical (unpaired) electrons. The van der Waals surface area contributed by atoms with Crippen LogP contribution in [0.1, 0.15) is 38.4 Å². The molecule has 1 atom stereocenters. The van der Waals surface area contributed by atoms with E-state index in [-0.39, 0.29) is 24.3 Å². The molecule has 0 aliphatic heterocycles. The molecule has 1 unspecified atom stereocenters. The largest absolute Gasteiger partial charge is 0.388 e. The lowest BCUT2D eigenvalue weighted by Gasteiger charge is -2.12. The molecule has 1 aromatic rings. The molecule has 0 aliphatic rings. The van der Waals surface area contributed by atoms with Crippen molar-refractivity contribution in [3.63, 3.8) is 0 Å².